The van der Waals surface area contributed by atoms with Gasteiger partial charge in [0.25, 0.3) is 5.91 Å². The van der Waals surface area contributed by atoms with E-state index >= 15 is 0 Å². The fourth-order valence-corrected chi connectivity index (χ4v) is 8.69. The van der Waals surface area contributed by atoms with Crippen LogP contribution in [0.15, 0.2) is 4.99 Å². The molecule has 1 N–H and O–H groups in total. The molecule has 3 unspecified atom stereocenters. The molecule has 5 aliphatic carbocycles. The second-order valence-electron chi connectivity index (χ2n) is 10.6. The molecule has 29 heavy (non-hydrogen) atoms. The minimum atomic E-state index is -0.613. The summed E-state index contributed by atoms with van der Waals surface area (Å²) < 4.78 is 8.24. The summed E-state index contributed by atoms with van der Waals surface area (Å²) in [5.74, 6) is 1.07. The van der Waals surface area contributed by atoms with Crippen molar-refractivity contribution < 1.29 is 14.6 Å². The molecule has 1 amide bonds. The summed E-state index contributed by atoms with van der Waals surface area (Å²) in [6.07, 6.45) is 12.6. The van der Waals surface area contributed by atoms with Crippen LogP contribution in [0.4, 0.5) is 0 Å². The van der Waals surface area contributed by atoms with Crippen LogP contribution in [0.5, 0.6) is 0 Å². The van der Waals surface area contributed by atoms with E-state index in [1.807, 2.05) is 0 Å². The van der Waals surface area contributed by atoms with Crippen LogP contribution in [0.25, 0.3) is 0 Å². The summed E-state index contributed by atoms with van der Waals surface area (Å²) in [6, 6.07) is 0. The van der Waals surface area contributed by atoms with Gasteiger partial charge >= 0.3 is 0 Å². The van der Waals surface area contributed by atoms with Crippen LogP contribution >= 0.6 is 11.3 Å². The minimum absolute atomic E-state index is 0.0460. The predicted molar refractivity (Wildman–Crippen MR) is 111 cm³/mol. The lowest BCUT2D eigenvalue weighted by Crippen LogP contribution is -2.58. The van der Waals surface area contributed by atoms with Gasteiger partial charge in [0.1, 0.15) is 0 Å². The van der Waals surface area contributed by atoms with E-state index in [0.29, 0.717) is 18.3 Å². The van der Waals surface area contributed by atoms with Crippen LogP contribution in [-0.2, 0) is 28.9 Å². The Kier molecular flexibility index (Phi) is 4.37. The van der Waals surface area contributed by atoms with E-state index in [-0.39, 0.29) is 12.0 Å². The Bertz CT molecular complexity index is 880. The van der Waals surface area contributed by atoms with Gasteiger partial charge in [-0.25, -0.2) is 0 Å². The second kappa shape index (κ2) is 6.76. The van der Waals surface area contributed by atoms with Gasteiger partial charge in [0, 0.05) is 17.2 Å². The number of carbonyl (C=O) groups is 1. The van der Waals surface area contributed by atoms with E-state index in [2.05, 4.69) is 4.57 Å². The van der Waals surface area contributed by atoms with E-state index in [4.69, 9.17) is 9.73 Å². The van der Waals surface area contributed by atoms with Crippen LogP contribution in [0.2, 0.25) is 0 Å². The number of nitrogens with zero attached hydrogens (tertiary/aromatic N) is 2. The van der Waals surface area contributed by atoms with Gasteiger partial charge in [0.2, 0.25) is 0 Å². The van der Waals surface area contributed by atoms with Crippen molar-refractivity contribution >= 4 is 17.2 Å². The van der Waals surface area contributed by atoms with E-state index < -0.39 is 11.0 Å². The molecule has 4 saturated carbocycles. The highest BCUT2D eigenvalue weighted by atomic mass is 32.1. The van der Waals surface area contributed by atoms with Gasteiger partial charge in [-0.1, -0.05) is 0 Å². The van der Waals surface area contributed by atoms with Crippen LogP contribution in [0.1, 0.15) is 74.8 Å². The van der Waals surface area contributed by atoms with Gasteiger partial charge in [-0.3, -0.25) is 4.79 Å². The van der Waals surface area contributed by atoms with Crippen molar-refractivity contribution in [2.45, 2.75) is 95.3 Å². The third-order valence-corrected chi connectivity index (χ3v) is 9.43. The largest absolute Gasteiger partial charge is 0.390 e. The fourth-order valence-electron chi connectivity index (χ4n) is 7.47. The normalized spacial score (nSPS) is 41.1. The Balaban J connectivity index is 1.37. The van der Waals surface area contributed by atoms with Crippen molar-refractivity contribution in [1.29, 1.82) is 0 Å². The first-order valence-corrected chi connectivity index (χ1v) is 12.5. The van der Waals surface area contributed by atoms with Gasteiger partial charge in [-0.15, -0.1) is 11.3 Å². The number of fused-ring (bicyclic) bond motifs is 1. The summed E-state index contributed by atoms with van der Waals surface area (Å²) in [5, 5.41) is 11.0. The van der Waals surface area contributed by atoms with Gasteiger partial charge in [0.05, 0.1) is 23.7 Å². The summed E-state index contributed by atoms with van der Waals surface area (Å²) in [6.45, 7) is 1.69. The minimum Gasteiger partial charge on any atom is -0.390 e. The van der Waals surface area contributed by atoms with E-state index in [0.717, 1.165) is 69.3 Å². The average Bonchev–Trinajstić information content (AvgIpc) is 3.29. The Labute approximate surface area is 176 Å². The van der Waals surface area contributed by atoms with Crippen molar-refractivity contribution in [3.63, 3.8) is 0 Å². The molecule has 7 rings (SSSR count). The molecule has 1 aromatic rings. The lowest BCUT2D eigenvalue weighted by molar-refractivity contribution is -0.175. The van der Waals surface area contributed by atoms with E-state index in [1.165, 1.54) is 29.8 Å². The average molecular weight is 417 g/mol. The Morgan fingerprint density at radius 2 is 1.97 bits per heavy atom. The van der Waals surface area contributed by atoms with Crippen molar-refractivity contribution in [3.05, 3.63) is 15.4 Å². The molecule has 2 heterocycles. The first-order chi connectivity index (χ1) is 14.0. The van der Waals surface area contributed by atoms with Crippen molar-refractivity contribution in [2.24, 2.45) is 22.2 Å². The molecule has 1 aliphatic heterocycles. The van der Waals surface area contributed by atoms with Gasteiger partial charge in [0.15, 0.2) is 4.80 Å². The van der Waals surface area contributed by atoms with Crippen molar-refractivity contribution in [3.8, 4) is 0 Å². The SMILES string of the molecule is O=C(N=c1sc2c(n1CC1CCCO1)CCCC2)C12CC3CC(CC(O)(C3)C1)C2. The maximum atomic E-state index is 13.6. The molecule has 6 aliphatic rings. The Morgan fingerprint density at radius 3 is 2.69 bits per heavy atom. The summed E-state index contributed by atoms with van der Waals surface area (Å²) in [5.41, 5.74) is 0.371. The standard InChI is InChI=1S/C23H32N2O3S/c26-20(22-9-15-8-16(10-22)12-23(27,11-15)14-22)24-21-25(13-17-4-3-7-28-17)18-5-1-2-6-19(18)29-21/h15-17,27H,1-14H2. The molecule has 1 aromatic heterocycles. The molecule has 5 fully saturated rings. The highest BCUT2D eigenvalue weighted by molar-refractivity contribution is 7.09. The van der Waals surface area contributed by atoms with Crippen LogP contribution in [0.3, 0.4) is 0 Å². The van der Waals surface area contributed by atoms with Crippen LogP contribution in [-0.4, -0.2) is 33.9 Å². The summed E-state index contributed by atoms with van der Waals surface area (Å²) in [7, 11) is 0. The molecular formula is C23H32N2O3S. The molecule has 6 heteroatoms. The van der Waals surface area contributed by atoms with Crippen LogP contribution < -0.4 is 4.80 Å². The van der Waals surface area contributed by atoms with E-state index in [1.54, 1.807) is 11.3 Å². The number of aromatic nitrogens is 1. The smallest absolute Gasteiger partial charge is 0.254 e. The Morgan fingerprint density at radius 1 is 1.17 bits per heavy atom. The zero-order valence-electron chi connectivity index (χ0n) is 17.2. The third kappa shape index (κ3) is 3.17. The first-order valence-electron chi connectivity index (χ1n) is 11.7. The van der Waals surface area contributed by atoms with Crippen LogP contribution in [0, 0.1) is 17.3 Å². The molecule has 158 valence electrons. The van der Waals surface area contributed by atoms with Crippen molar-refractivity contribution in [2.75, 3.05) is 6.61 Å². The maximum absolute atomic E-state index is 13.6. The molecular weight excluding hydrogens is 384 g/mol. The third-order valence-electron chi connectivity index (χ3n) is 8.25. The molecule has 1 saturated heterocycles. The lowest BCUT2D eigenvalue weighted by Gasteiger charge is -2.58. The topological polar surface area (TPSA) is 63.8 Å². The fraction of sp³-hybridized carbons (Fsp3) is 0.826. The second-order valence-corrected chi connectivity index (χ2v) is 11.7. The lowest BCUT2D eigenvalue weighted by atomic mass is 9.47. The molecule has 0 spiro atoms. The number of rotatable bonds is 3. The number of amides is 1. The zero-order chi connectivity index (χ0) is 19.6. The first kappa shape index (κ1) is 18.8. The molecule has 5 nitrogen and oxygen atoms in total. The number of aliphatic hydroxyl groups is 1. The van der Waals surface area contributed by atoms with E-state index in [9.17, 15) is 9.90 Å². The molecule has 0 radical (unpaired) electrons. The number of carbonyl (C=O) groups excluding carboxylic acids is 1. The highest BCUT2D eigenvalue weighted by Gasteiger charge is 2.60. The van der Waals surface area contributed by atoms with Gasteiger partial charge < -0.3 is 14.4 Å². The number of ether oxygens (including phenoxy) is 1. The molecule has 0 aromatic carbocycles. The monoisotopic (exact) mass is 416 g/mol. The predicted octanol–water partition coefficient (Wildman–Crippen LogP) is 3.37. The van der Waals surface area contributed by atoms with Gasteiger partial charge in [-0.05, 0) is 88.9 Å². The highest BCUT2D eigenvalue weighted by Crippen LogP contribution is 2.62. The van der Waals surface area contributed by atoms with Crippen molar-refractivity contribution in [1.82, 2.24) is 4.57 Å². The zero-order valence-corrected chi connectivity index (χ0v) is 18.0. The number of hydrogen-bond acceptors (Lipinski definition) is 4. The van der Waals surface area contributed by atoms with Gasteiger partial charge in [-0.2, -0.15) is 4.99 Å². The number of thiazole rings is 1. The Hall–Kier alpha value is -0.980. The summed E-state index contributed by atoms with van der Waals surface area (Å²) >= 11 is 1.73. The molecule has 4 bridgehead atoms. The number of hydrogen-bond donors (Lipinski definition) is 1. The number of aryl methyl sites for hydroxylation is 1. The maximum Gasteiger partial charge on any atom is 0.254 e. The summed E-state index contributed by atoms with van der Waals surface area (Å²) in [4.78, 5) is 20.7. The molecule has 3 atom stereocenters. The quantitative estimate of drug-likeness (QED) is 0.822.